The topological polar surface area (TPSA) is 86.7 Å². The molecule has 0 spiro atoms. The van der Waals surface area contributed by atoms with Crippen LogP contribution in [0.1, 0.15) is 65.0 Å². The van der Waals surface area contributed by atoms with Crippen molar-refractivity contribution in [3.8, 4) is 0 Å². The summed E-state index contributed by atoms with van der Waals surface area (Å²) in [5.41, 5.74) is 0.466. The highest BCUT2D eigenvalue weighted by molar-refractivity contribution is 6.30. The van der Waals surface area contributed by atoms with Crippen LogP contribution in [-0.2, 0) is 14.4 Å². The molecule has 1 heterocycles. The normalized spacial score (nSPS) is 18.8. The Bertz CT molecular complexity index is 990. The summed E-state index contributed by atoms with van der Waals surface area (Å²) in [4.78, 5) is 39.0. The van der Waals surface area contributed by atoms with Gasteiger partial charge in [0.05, 0.1) is 12.5 Å². The van der Waals surface area contributed by atoms with Gasteiger partial charge in [-0.2, -0.15) is 0 Å². The molecule has 1 aliphatic heterocycles. The van der Waals surface area contributed by atoms with Gasteiger partial charge in [-0.3, -0.25) is 14.4 Å². The number of carboxylic acid groups (broad SMARTS) is 1. The predicted molar refractivity (Wildman–Crippen MR) is 139 cm³/mol. The molecule has 2 N–H and O–H groups in total. The van der Waals surface area contributed by atoms with Crippen molar-refractivity contribution in [3.05, 3.63) is 70.2 Å². The van der Waals surface area contributed by atoms with Crippen LogP contribution in [0.4, 0.5) is 0 Å². The van der Waals surface area contributed by atoms with Crippen LogP contribution in [0, 0.1) is 5.92 Å². The third-order valence-corrected chi connectivity index (χ3v) is 6.16. The molecule has 3 unspecified atom stereocenters. The van der Waals surface area contributed by atoms with Crippen molar-refractivity contribution in [1.29, 1.82) is 0 Å². The van der Waals surface area contributed by atoms with Crippen LogP contribution in [0.3, 0.4) is 0 Å². The average Bonchev–Trinajstić information content (AvgIpc) is 2.77. The molecule has 2 amide bonds. The Morgan fingerprint density at radius 2 is 1.60 bits per heavy atom. The number of likely N-dealkylation sites (tertiary alicyclic amines) is 1. The number of piperidine rings is 1. The molecule has 190 valence electrons. The molecule has 0 aliphatic carbocycles. The Labute approximate surface area is 217 Å². The van der Waals surface area contributed by atoms with E-state index in [9.17, 15) is 19.5 Å². The second-order valence-corrected chi connectivity index (χ2v) is 10.5. The maximum absolute atomic E-state index is 13.2. The van der Waals surface area contributed by atoms with E-state index in [4.69, 9.17) is 23.2 Å². The zero-order valence-electron chi connectivity index (χ0n) is 20.6. The van der Waals surface area contributed by atoms with Crippen LogP contribution in [-0.4, -0.2) is 39.4 Å². The van der Waals surface area contributed by atoms with Crippen molar-refractivity contribution in [2.75, 3.05) is 0 Å². The summed E-state index contributed by atoms with van der Waals surface area (Å²) >= 11 is 11.5. The molecule has 0 saturated carbocycles. The molecule has 0 radical (unpaired) electrons. The highest BCUT2D eigenvalue weighted by Crippen LogP contribution is 2.38. The van der Waals surface area contributed by atoms with Crippen LogP contribution >= 0.6 is 23.2 Å². The van der Waals surface area contributed by atoms with Crippen molar-refractivity contribution >= 4 is 41.0 Å². The predicted octanol–water partition coefficient (Wildman–Crippen LogP) is 6.13. The fourth-order valence-electron chi connectivity index (χ4n) is 4.15. The molecule has 2 aromatic rings. The van der Waals surface area contributed by atoms with Crippen molar-refractivity contribution in [2.24, 2.45) is 5.92 Å². The van der Waals surface area contributed by atoms with E-state index in [1.54, 1.807) is 17.0 Å². The molecular weight excluding hydrogens is 487 g/mol. The number of aliphatic carboxylic acids is 1. The smallest absolute Gasteiger partial charge is 0.304 e. The summed E-state index contributed by atoms with van der Waals surface area (Å²) in [6.45, 7) is 7.53. The molecule has 8 heteroatoms. The summed E-state index contributed by atoms with van der Waals surface area (Å²) in [7, 11) is 0. The minimum absolute atomic E-state index is 0.222. The van der Waals surface area contributed by atoms with Gasteiger partial charge < -0.3 is 15.3 Å². The fourth-order valence-corrected chi connectivity index (χ4v) is 4.42. The van der Waals surface area contributed by atoms with Gasteiger partial charge >= 0.3 is 5.97 Å². The fraction of sp³-hybridized carbons (Fsp3) is 0.444. The lowest BCUT2D eigenvalue weighted by molar-refractivity contribution is -0.154. The minimum atomic E-state index is -1.00. The quantitative estimate of drug-likeness (QED) is 0.479. The Hall–Kier alpha value is -2.57. The van der Waals surface area contributed by atoms with Crippen molar-refractivity contribution in [1.82, 2.24) is 10.2 Å². The number of hydrogen-bond acceptors (Lipinski definition) is 3. The first-order chi connectivity index (χ1) is 16.4. The van der Waals surface area contributed by atoms with E-state index in [0.717, 1.165) is 10.6 Å². The molecule has 6 nitrogen and oxygen atoms in total. The zero-order chi connectivity index (χ0) is 26.2. The van der Waals surface area contributed by atoms with E-state index >= 15 is 0 Å². The average molecular weight is 521 g/mol. The van der Waals surface area contributed by atoms with E-state index < -0.39 is 23.5 Å². The van der Waals surface area contributed by atoms with Crippen LogP contribution < -0.4 is 5.32 Å². The highest BCUT2D eigenvalue weighted by Gasteiger charge is 2.42. The van der Waals surface area contributed by atoms with Crippen molar-refractivity contribution in [2.45, 2.75) is 71.0 Å². The standard InChI is InChI=1S/C21H29ClN2O4.C6H5Cl/c1-5-16(19(27)23-21(2,3)4)24-17(13-6-9-15(22)10-7-13)11-8-14(20(24)28)12-18(25)26;7-6-4-2-1-3-5-6/h6-7,9-10,14,16-17H,5,8,11-12H2,1-4H3,(H,23,27)(H,25,26);1-5H. The largest absolute Gasteiger partial charge is 0.481 e. The van der Waals surface area contributed by atoms with Gasteiger partial charge in [-0.15, -0.1) is 0 Å². The van der Waals surface area contributed by atoms with Gasteiger partial charge in [0.15, 0.2) is 0 Å². The molecule has 0 aromatic heterocycles. The van der Waals surface area contributed by atoms with Gasteiger partial charge in [0, 0.05) is 21.5 Å². The van der Waals surface area contributed by atoms with Gasteiger partial charge in [0.2, 0.25) is 11.8 Å². The Balaban J connectivity index is 0.000000527. The van der Waals surface area contributed by atoms with Crippen molar-refractivity contribution in [3.63, 3.8) is 0 Å². The first-order valence-corrected chi connectivity index (χ1v) is 12.5. The monoisotopic (exact) mass is 520 g/mol. The number of rotatable bonds is 6. The van der Waals surface area contributed by atoms with E-state index in [-0.39, 0.29) is 24.3 Å². The lowest BCUT2D eigenvalue weighted by Gasteiger charge is -2.43. The van der Waals surface area contributed by atoms with E-state index in [2.05, 4.69) is 5.32 Å². The minimum Gasteiger partial charge on any atom is -0.481 e. The maximum Gasteiger partial charge on any atom is 0.304 e. The van der Waals surface area contributed by atoms with Crippen LogP contribution in [0.5, 0.6) is 0 Å². The molecule has 35 heavy (non-hydrogen) atoms. The van der Waals surface area contributed by atoms with Gasteiger partial charge in [0.1, 0.15) is 6.04 Å². The molecule has 0 bridgehead atoms. The zero-order valence-corrected chi connectivity index (χ0v) is 22.1. The number of hydrogen-bond donors (Lipinski definition) is 2. The van der Waals surface area contributed by atoms with E-state index in [0.29, 0.717) is 24.3 Å². The summed E-state index contributed by atoms with van der Waals surface area (Å²) < 4.78 is 0. The third kappa shape index (κ3) is 8.86. The number of nitrogens with one attached hydrogen (secondary N) is 1. The second kappa shape index (κ2) is 12.9. The summed E-state index contributed by atoms with van der Waals surface area (Å²) in [5.74, 6) is -2.12. The number of amides is 2. The first-order valence-electron chi connectivity index (χ1n) is 11.7. The number of halogens is 2. The second-order valence-electron chi connectivity index (χ2n) is 9.64. The Morgan fingerprint density at radius 3 is 2.06 bits per heavy atom. The number of nitrogens with zero attached hydrogens (tertiary/aromatic N) is 1. The molecular formula is C27H34Cl2N2O4. The van der Waals surface area contributed by atoms with Gasteiger partial charge in [-0.25, -0.2) is 0 Å². The van der Waals surface area contributed by atoms with Crippen LogP contribution in [0.15, 0.2) is 54.6 Å². The number of carbonyl (C=O) groups is 3. The Kier molecular flexibility index (Phi) is 10.6. The number of benzene rings is 2. The van der Waals surface area contributed by atoms with Gasteiger partial charge in [0.25, 0.3) is 0 Å². The first kappa shape index (κ1) is 28.7. The molecule has 1 fully saturated rings. The van der Waals surface area contributed by atoms with Crippen molar-refractivity contribution < 1.29 is 19.5 Å². The molecule has 3 rings (SSSR count). The van der Waals surface area contributed by atoms with E-state index in [1.165, 1.54) is 0 Å². The molecule has 1 aliphatic rings. The highest BCUT2D eigenvalue weighted by atomic mass is 35.5. The SMILES string of the molecule is CCC(C(=O)NC(C)(C)C)N1C(=O)C(CC(=O)O)CCC1c1ccc(Cl)cc1.Clc1ccccc1. The Morgan fingerprint density at radius 1 is 1.03 bits per heavy atom. The summed E-state index contributed by atoms with van der Waals surface area (Å²) in [6.07, 6.45) is 1.30. The lowest BCUT2D eigenvalue weighted by atomic mass is 9.85. The molecule has 3 atom stereocenters. The van der Waals surface area contributed by atoms with Crippen LogP contribution in [0.25, 0.3) is 0 Å². The lowest BCUT2D eigenvalue weighted by Crippen LogP contribution is -2.57. The van der Waals surface area contributed by atoms with Crippen LogP contribution in [0.2, 0.25) is 10.0 Å². The number of carboxylic acids is 1. The third-order valence-electron chi connectivity index (χ3n) is 5.66. The maximum atomic E-state index is 13.2. The van der Waals surface area contributed by atoms with Gasteiger partial charge in [-0.1, -0.05) is 60.5 Å². The summed E-state index contributed by atoms with van der Waals surface area (Å²) in [6, 6.07) is 15.7. The number of carbonyl (C=O) groups excluding carboxylic acids is 2. The molecule has 1 saturated heterocycles. The molecule has 2 aromatic carbocycles. The summed E-state index contributed by atoms with van der Waals surface area (Å²) in [5, 5.41) is 13.5. The van der Waals surface area contributed by atoms with Gasteiger partial charge in [-0.05, 0) is 69.9 Å². The van der Waals surface area contributed by atoms with E-state index in [1.807, 2.05) is 70.2 Å².